The van der Waals surface area contributed by atoms with Crippen molar-refractivity contribution in [2.75, 3.05) is 26.2 Å². The Morgan fingerprint density at radius 3 is 1.08 bits per heavy atom. The molecule has 210 valence electrons. The van der Waals surface area contributed by atoms with Gasteiger partial charge >= 0.3 is 0 Å². The molecule has 0 radical (unpaired) electrons. The summed E-state index contributed by atoms with van der Waals surface area (Å²) in [6.07, 6.45) is 9.60. The van der Waals surface area contributed by atoms with Crippen molar-refractivity contribution in [3.8, 4) is 11.1 Å². The molecule has 38 heavy (non-hydrogen) atoms. The Morgan fingerprint density at radius 1 is 0.526 bits per heavy atom. The van der Waals surface area contributed by atoms with Gasteiger partial charge in [-0.25, -0.2) is 0 Å². The van der Waals surface area contributed by atoms with Crippen LogP contribution in [0.4, 0.5) is 0 Å². The first kappa shape index (κ1) is 33.8. The van der Waals surface area contributed by atoms with Crippen molar-refractivity contribution >= 4 is 76.3 Å². The average Bonchev–Trinajstić information content (AvgIpc) is 2.95. The lowest BCUT2D eigenvalue weighted by Crippen LogP contribution is -2.29. The Bertz CT molecular complexity index is 839. The predicted octanol–water partition coefficient (Wildman–Crippen LogP) is 11.2. The van der Waals surface area contributed by atoms with Crippen LogP contribution in [-0.2, 0) is 0 Å². The van der Waals surface area contributed by atoms with Crippen molar-refractivity contribution in [1.82, 2.24) is 9.80 Å². The van der Waals surface area contributed by atoms with E-state index in [9.17, 15) is 0 Å². The van der Waals surface area contributed by atoms with Crippen LogP contribution >= 0.6 is 67.6 Å². The molecule has 2 nitrogen and oxygen atoms in total. The van der Waals surface area contributed by atoms with Gasteiger partial charge in [0.1, 0.15) is 8.64 Å². The summed E-state index contributed by atoms with van der Waals surface area (Å²) in [6.45, 7) is 13.2. The van der Waals surface area contributed by atoms with Crippen LogP contribution in [0.15, 0.2) is 58.3 Å². The Kier molecular flexibility index (Phi) is 18.2. The van der Waals surface area contributed by atoms with E-state index in [1.54, 1.807) is 43.2 Å². The molecule has 8 heteroatoms. The van der Waals surface area contributed by atoms with E-state index >= 15 is 0 Å². The Labute approximate surface area is 259 Å². The molecule has 0 unspecified atom stereocenters. The van der Waals surface area contributed by atoms with Crippen molar-refractivity contribution in [3.63, 3.8) is 0 Å². The molecule has 0 aromatic heterocycles. The van der Waals surface area contributed by atoms with Crippen molar-refractivity contribution in [2.24, 2.45) is 0 Å². The summed E-state index contributed by atoms with van der Waals surface area (Å²) in [7, 11) is 6.96. The molecule has 0 spiro atoms. The number of rotatable bonds is 17. The normalized spacial score (nSPS) is 10.9. The second-order valence-corrected chi connectivity index (χ2v) is 15.0. The molecule has 0 aliphatic rings. The number of unbranched alkanes of at least 4 members (excludes halogenated alkanes) is 4. The third-order valence-corrected chi connectivity index (χ3v) is 12.3. The molecule has 0 atom stereocenters. The van der Waals surface area contributed by atoms with Gasteiger partial charge in [-0.1, -0.05) is 124 Å². The van der Waals surface area contributed by atoms with Crippen LogP contribution < -0.4 is 0 Å². The number of nitrogens with zero attached hydrogens (tertiary/aromatic N) is 2. The van der Waals surface area contributed by atoms with Gasteiger partial charge in [0, 0.05) is 36.0 Å². The summed E-state index contributed by atoms with van der Waals surface area (Å²) >= 11 is 11.5. The van der Waals surface area contributed by atoms with Gasteiger partial charge in [-0.3, -0.25) is 0 Å². The topological polar surface area (TPSA) is 6.48 Å². The first-order chi connectivity index (χ1) is 18.5. The van der Waals surface area contributed by atoms with Crippen LogP contribution in [0.5, 0.6) is 0 Å². The maximum absolute atomic E-state index is 5.76. The van der Waals surface area contributed by atoms with Gasteiger partial charge in [-0.05, 0) is 82.7 Å². The highest BCUT2D eigenvalue weighted by molar-refractivity contribution is 8.84. The molecule has 2 aromatic rings. The van der Waals surface area contributed by atoms with E-state index in [4.69, 9.17) is 24.4 Å². The van der Waals surface area contributed by atoms with Crippen LogP contribution in [0.25, 0.3) is 11.1 Å². The minimum absolute atomic E-state index is 1.00. The van der Waals surface area contributed by atoms with Gasteiger partial charge in [0.2, 0.25) is 0 Å². The Balaban J connectivity index is 1.87. The summed E-state index contributed by atoms with van der Waals surface area (Å²) in [4.78, 5) is 7.24. The van der Waals surface area contributed by atoms with Gasteiger partial charge in [-0.2, -0.15) is 0 Å². The molecule has 2 rings (SSSR count). The van der Waals surface area contributed by atoms with Gasteiger partial charge in [0.25, 0.3) is 0 Å². The van der Waals surface area contributed by atoms with E-state index in [-0.39, 0.29) is 0 Å². The lowest BCUT2D eigenvalue weighted by atomic mass is 10.1. The largest absolute Gasteiger partial charge is 0.357 e. The minimum atomic E-state index is 1.00. The summed E-state index contributed by atoms with van der Waals surface area (Å²) < 4.78 is 2.01. The van der Waals surface area contributed by atoms with E-state index in [2.05, 4.69) is 86.0 Å². The fourth-order valence-electron chi connectivity index (χ4n) is 3.66. The van der Waals surface area contributed by atoms with E-state index < -0.39 is 0 Å². The van der Waals surface area contributed by atoms with Crippen LogP contribution in [0.2, 0.25) is 0 Å². The molecule has 0 saturated heterocycles. The molecule has 0 bridgehead atoms. The molecule has 0 aliphatic heterocycles. The van der Waals surface area contributed by atoms with Crippen LogP contribution in [-0.4, -0.2) is 44.6 Å². The lowest BCUT2D eigenvalue weighted by Gasteiger charge is -2.24. The third kappa shape index (κ3) is 12.9. The number of hydrogen-bond donors (Lipinski definition) is 0. The Hall–Kier alpha value is -0.380. The predicted molar refractivity (Wildman–Crippen MR) is 187 cm³/mol. The highest BCUT2D eigenvalue weighted by Gasteiger charge is 2.12. The third-order valence-electron chi connectivity index (χ3n) is 6.10. The van der Waals surface area contributed by atoms with Gasteiger partial charge in [0.15, 0.2) is 0 Å². The minimum Gasteiger partial charge on any atom is -0.357 e. The molecule has 0 fully saturated rings. The fourth-order valence-corrected chi connectivity index (χ4v) is 8.35. The maximum atomic E-state index is 5.76. The van der Waals surface area contributed by atoms with Crippen LogP contribution in [0, 0.1) is 0 Å². The molecule has 0 N–H and O–H groups in total. The fraction of sp³-hybridized carbons (Fsp3) is 0.533. The highest BCUT2D eigenvalue weighted by Crippen LogP contribution is 2.36. The van der Waals surface area contributed by atoms with Gasteiger partial charge in [0.05, 0.1) is 0 Å². The zero-order valence-corrected chi connectivity index (χ0v) is 28.3. The maximum Gasteiger partial charge on any atom is 0.147 e. The summed E-state index contributed by atoms with van der Waals surface area (Å²) in [5, 5.41) is 0. The van der Waals surface area contributed by atoms with E-state index in [0.29, 0.717) is 0 Å². The van der Waals surface area contributed by atoms with E-state index in [1.165, 1.54) is 72.3 Å². The molecule has 0 saturated carbocycles. The van der Waals surface area contributed by atoms with Crippen molar-refractivity contribution in [1.29, 1.82) is 0 Å². The molecule has 2 aromatic carbocycles. The number of thiocarbonyl (C=S) groups is 2. The second-order valence-electron chi connectivity index (χ2n) is 9.30. The number of hydrogen-bond acceptors (Lipinski definition) is 6. The second kappa shape index (κ2) is 20.5. The highest BCUT2D eigenvalue weighted by atomic mass is 33.1. The standard InChI is InChI=1S/C30H44N2S6/c1-5-9-21-31(22-10-6-2)29(33)37-35-27-17-13-25(14-18-27)26-15-19-28(20-16-26)36-38-30(34)32(23-11-7-3)24-12-8-4/h13-20H,5-12,21-24H2,1-4H3. The van der Waals surface area contributed by atoms with Crippen molar-refractivity contribution in [2.45, 2.75) is 88.9 Å². The van der Waals surface area contributed by atoms with Gasteiger partial charge < -0.3 is 9.80 Å². The zero-order chi connectivity index (χ0) is 27.6. The lowest BCUT2D eigenvalue weighted by molar-refractivity contribution is 0.411. The van der Waals surface area contributed by atoms with E-state index in [0.717, 1.165) is 34.8 Å². The van der Waals surface area contributed by atoms with E-state index in [1.807, 2.05) is 0 Å². The van der Waals surface area contributed by atoms with Gasteiger partial charge in [-0.15, -0.1) is 0 Å². The first-order valence-corrected chi connectivity index (χ1v) is 19.1. The van der Waals surface area contributed by atoms with Crippen molar-refractivity contribution < 1.29 is 0 Å². The monoisotopic (exact) mass is 624 g/mol. The molecule has 0 aliphatic carbocycles. The smallest absolute Gasteiger partial charge is 0.147 e. The summed E-state index contributed by atoms with van der Waals surface area (Å²) in [5.74, 6) is 0. The summed E-state index contributed by atoms with van der Waals surface area (Å²) in [6, 6.07) is 17.7. The zero-order valence-electron chi connectivity index (χ0n) is 23.4. The first-order valence-electron chi connectivity index (χ1n) is 14.0. The molecular weight excluding hydrogens is 581 g/mol. The Morgan fingerprint density at radius 2 is 0.816 bits per heavy atom. The molecular formula is C30H44N2S6. The van der Waals surface area contributed by atoms with Crippen molar-refractivity contribution in [3.05, 3.63) is 48.5 Å². The molecule has 0 amide bonds. The number of benzene rings is 2. The van der Waals surface area contributed by atoms with Crippen LogP contribution in [0.1, 0.15) is 79.1 Å². The average molecular weight is 625 g/mol. The molecule has 0 heterocycles. The quantitative estimate of drug-likeness (QED) is 0.125. The SMILES string of the molecule is CCCCN(CCCC)C(=S)SSc1ccc(-c2ccc(SSC(=S)N(CCCC)CCCC)cc2)cc1. The summed E-state index contributed by atoms with van der Waals surface area (Å²) in [5.41, 5.74) is 2.47. The van der Waals surface area contributed by atoms with Crippen LogP contribution in [0.3, 0.4) is 0 Å².